The molecule has 0 saturated carbocycles. The lowest BCUT2D eigenvalue weighted by atomic mass is 10.3. The van der Waals surface area contributed by atoms with Crippen molar-refractivity contribution < 1.29 is 26.7 Å². The summed E-state index contributed by atoms with van der Waals surface area (Å²) in [6.45, 7) is 1.42. The molecule has 0 saturated heterocycles. The van der Waals surface area contributed by atoms with Gasteiger partial charge in [0.1, 0.15) is 34.8 Å². The average Bonchev–Trinajstić information content (AvgIpc) is 2.96. The van der Waals surface area contributed by atoms with Crippen LogP contribution >= 0.6 is 0 Å². The molecule has 3 aromatic rings. The van der Waals surface area contributed by atoms with E-state index in [0.29, 0.717) is 0 Å². The van der Waals surface area contributed by atoms with Crippen molar-refractivity contribution in [3.05, 3.63) is 36.5 Å². The highest BCUT2D eigenvalue weighted by molar-refractivity contribution is 7.91. The van der Waals surface area contributed by atoms with Gasteiger partial charge in [0.2, 0.25) is 0 Å². The molecule has 11 heteroatoms. The minimum Gasteiger partial charge on any atom is -0.506 e. The number of imidazole rings is 1. The number of rotatable bonds is 3. The van der Waals surface area contributed by atoms with Gasteiger partial charge in [-0.15, -0.1) is 0 Å². The number of aromatic nitrogens is 4. The smallest absolute Gasteiger partial charge is 0.433 e. The van der Waals surface area contributed by atoms with Crippen LogP contribution in [0.25, 0.3) is 17.0 Å². The molecule has 3 rings (SSSR count). The van der Waals surface area contributed by atoms with Crippen molar-refractivity contribution in [2.75, 3.05) is 5.75 Å². The molecule has 0 radical (unpaired) electrons. The molecule has 0 amide bonds. The molecule has 0 spiro atoms. The first kappa shape index (κ1) is 17.1. The summed E-state index contributed by atoms with van der Waals surface area (Å²) in [7, 11) is -3.74. The minimum atomic E-state index is -4.62. The van der Waals surface area contributed by atoms with E-state index in [1.54, 1.807) is 0 Å². The van der Waals surface area contributed by atoms with Gasteiger partial charge in [0.25, 0.3) is 0 Å². The van der Waals surface area contributed by atoms with E-state index in [1.165, 1.54) is 17.5 Å². The number of hydrogen-bond donors (Lipinski definition) is 1. The number of halogens is 3. The number of aromatic hydroxyl groups is 1. The van der Waals surface area contributed by atoms with Crippen LogP contribution in [0.4, 0.5) is 13.2 Å². The third kappa shape index (κ3) is 3.14. The molecule has 0 aliphatic rings. The van der Waals surface area contributed by atoms with E-state index in [-0.39, 0.29) is 33.4 Å². The van der Waals surface area contributed by atoms with E-state index in [2.05, 4.69) is 15.0 Å². The molecule has 25 heavy (non-hydrogen) atoms. The molecule has 0 fully saturated rings. The number of alkyl halides is 3. The van der Waals surface area contributed by atoms with Crippen molar-refractivity contribution in [2.24, 2.45) is 0 Å². The Bertz CT molecular complexity index is 1060. The third-order valence-corrected chi connectivity index (χ3v) is 5.18. The molecular formula is C14H11F3N4O3S. The Labute approximate surface area is 139 Å². The SMILES string of the molecule is CCS(=O)(=O)c1cc(O)cnc1-c1cn2cnc(C(F)(F)F)cc2n1. The normalized spacial score (nSPS) is 12.6. The molecule has 1 N–H and O–H groups in total. The molecule has 7 nitrogen and oxygen atoms in total. The topological polar surface area (TPSA) is 97.5 Å². The van der Waals surface area contributed by atoms with E-state index < -0.39 is 21.7 Å². The highest BCUT2D eigenvalue weighted by atomic mass is 32.2. The molecule has 0 aliphatic carbocycles. The summed E-state index contributed by atoms with van der Waals surface area (Å²) in [5, 5.41) is 9.52. The highest BCUT2D eigenvalue weighted by Gasteiger charge is 2.33. The molecule has 0 unspecified atom stereocenters. The first-order chi connectivity index (χ1) is 11.6. The standard InChI is InChI=1S/C14H11F3N4O3S/c1-2-25(23,24)10-3-8(22)5-18-13(10)9-6-21-7-19-11(14(15,16)17)4-12(21)20-9/h3-7,22H,2H2,1H3. The van der Waals surface area contributed by atoms with E-state index in [4.69, 9.17) is 0 Å². The Morgan fingerprint density at radius 3 is 2.60 bits per heavy atom. The van der Waals surface area contributed by atoms with Crippen LogP contribution in [0.5, 0.6) is 5.75 Å². The van der Waals surface area contributed by atoms with Gasteiger partial charge in [0.05, 0.1) is 16.8 Å². The zero-order chi connectivity index (χ0) is 18.4. The zero-order valence-corrected chi connectivity index (χ0v) is 13.5. The summed E-state index contributed by atoms with van der Waals surface area (Å²) in [5.41, 5.74) is -1.19. The van der Waals surface area contributed by atoms with Gasteiger partial charge in [-0.25, -0.2) is 23.4 Å². The van der Waals surface area contributed by atoms with Gasteiger partial charge in [0.15, 0.2) is 9.84 Å². The van der Waals surface area contributed by atoms with Crippen molar-refractivity contribution in [2.45, 2.75) is 18.0 Å². The van der Waals surface area contributed by atoms with Gasteiger partial charge in [-0.1, -0.05) is 6.92 Å². The highest BCUT2D eigenvalue weighted by Crippen LogP contribution is 2.30. The lowest BCUT2D eigenvalue weighted by Crippen LogP contribution is -2.08. The number of pyridine rings is 1. The van der Waals surface area contributed by atoms with Crippen LogP contribution in [0.15, 0.2) is 35.7 Å². The maximum atomic E-state index is 12.7. The van der Waals surface area contributed by atoms with Crippen LogP contribution in [0, 0.1) is 0 Å². The van der Waals surface area contributed by atoms with Crippen LogP contribution in [0.1, 0.15) is 12.6 Å². The fourth-order valence-electron chi connectivity index (χ4n) is 2.18. The van der Waals surface area contributed by atoms with E-state index in [0.717, 1.165) is 24.7 Å². The summed E-state index contributed by atoms with van der Waals surface area (Å²) < 4.78 is 63.8. The number of sulfone groups is 1. The van der Waals surface area contributed by atoms with E-state index in [1.807, 2.05) is 0 Å². The van der Waals surface area contributed by atoms with Crippen molar-refractivity contribution in [1.29, 1.82) is 0 Å². The summed E-state index contributed by atoms with van der Waals surface area (Å²) in [6, 6.07) is 1.78. The maximum Gasteiger partial charge on any atom is 0.433 e. The monoisotopic (exact) mass is 372 g/mol. The molecule has 0 atom stereocenters. The lowest BCUT2D eigenvalue weighted by molar-refractivity contribution is -0.141. The van der Waals surface area contributed by atoms with Gasteiger partial charge >= 0.3 is 6.18 Å². The number of hydrogen-bond acceptors (Lipinski definition) is 6. The van der Waals surface area contributed by atoms with Gasteiger partial charge in [0, 0.05) is 18.3 Å². The second-order valence-electron chi connectivity index (χ2n) is 5.11. The first-order valence-electron chi connectivity index (χ1n) is 6.96. The van der Waals surface area contributed by atoms with Crippen molar-refractivity contribution >= 4 is 15.5 Å². The van der Waals surface area contributed by atoms with Gasteiger partial charge < -0.3 is 5.11 Å². The fraction of sp³-hybridized carbons (Fsp3) is 0.214. The first-order valence-corrected chi connectivity index (χ1v) is 8.61. The largest absolute Gasteiger partial charge is 0.506 e. The second-order valence-corrected chi connectivity index (χ2v) is 7.35. The van der Waals surface area contributed by atoms with Crippen LogP contribution in [-0.4, -0.2) is 38.6 Å². The van der Waals surface area contributed by atoms with E-state index >= 15 is 0 Å². The quantitative estimate of drug-likeness (QED) is 0.758. The Morgan fingerprint density at radius 1 is 1.24 bits per heavy atom. The Balaban J connectivity index is 2.21. The van der Waals surface area contributed by atoms with Crippen molar-refractivity contribution in [3.8, 4) is 17.1 Å². The van der Waals surface area contributed by atoms with Crippen molar-refractivity contribution in [3.63, 3.8) is 0 Å². The number of fused-ring (bicyclic) bond motifs is 1. The predicted molar refractivity (Wildman–Crippen MR) is 80.6 cm³/mol. The molecule has 132 valence electrons. The Kier molecular flexibility index (Phi) is 3.90. The van der Waals surface area contributed by atoms with Crippen LogP contribution in [0.3, 0.4) is 0 Å². The zero-order valence-electron chi connectivity index (χ0n) is 12.7. The van der Waals surface area contributed by atoms with Crippen molar-refractivity contribution in [1.82, 2.24) is 19.4 Å². The van der Waals surface area contributed by atoms with Gasteiger partial charge in [-0.3, -0.25) is 4.40 Å². The summed E-state index contributed by atoms with van der Waals surface area (Å²) >= 11 is 0. The lowest BCUT2D eigenvalue weighted by Gasteiger charge is -2.06. The summed E-state index contributed by atoms with van der Waals surface area (Å²) in [5.74, 6) is -0.585. The summed E-state index contributed by atoms with van der Waals surface area (Å²) in [6.07, 6.45) is -1.34. The average molecular weight is 372 g/mol. The van der Waals surface area contributed by atoms with Crippen LogP contribution < -0.4 is 0 Å². The number of nitrogens with zero attached hydrogens (tertiary/aromatic N) is 4. The Morgan fingerprint density at radius 2 is 1.96 bits per heavy atom. The molecular weight excluding hydrogens is 361 g/mol. The minimum absolute atomic E-state index is 0.0492. The summed E-state index contributed by atoms with van der Waals surface area (Å²) in [4.78, 5) is 10.9. The predicted octanol–water partition coefficient (Wildman–Crippen LogP) is 2.31. The van der Waals surface area contributed by atoms with Crippen LogP contribution in [0.2, 0.25) is 0 Å². The molecule has 3 aromatic heterocycles. The second kappa shape index (κ2) is 5.69. The van der Waals surface area contributed by atoms with E-state index in [9.17, 15) is 26.7 Å². The maximum absolute atomic E-state index is 12.7. The Hall–Kier alpha value is -2.69. The van der Waals surface area contributed by atoms with Gasteiger partial charge in [-0.05, 0) is 0 Å². The van der Waals surface area contributed by atoms with Crippen LogP contribution in [-0.2, 0) is 16.0 Å². The third-order valence-electron chi connectivity index (χ3n) is 3.43. The molecule has 0 bridgehead atoms. The molecule has 0 aromatic carbocycles. The van der Waals surface area contributed by atoms with Gasteiger partial charge in [-0.2, -0.15) is 13.2 Å². The molecule has 3 heterocycles. The molecule has 0 aliphatic heterocycles. The fourth-order valence-corrected chi connectivity index (χ4v) is 3.24.